The van der Waals surface area contributed by atoms with Crippen LogP contribution in [0.15, 0.2) is 36.5 Å². The number of rotatable bonds is 3. The summed E-state index contributed by atoms with van der Waals surface area (Å²) >= 11 is 0. The number of aromatic nitrogens is 2. The predicted molar refractivity (Wildman–Crippen MR) is 84.0 cm³/mol. The first-order valence-electron chi connectivity index (χ1n) is 6.77. The highest BCUT2D eigenvalue weighted by Gasteiger charge is 2.34. The molecule has 120 valence electrons. The smallest absolute Gasteiger partial charge is 0.354 e. The maximum absolute atomic E-state index is 12.3. The number of hydrogen-bond donors (Lipinski definition) is 2. The van der Waals surface area contributed by atoms with Crippen LogP contribution < -0.4 is 9.62 Å². The van der Waals surface area contributed by atoms with Crippen molar-refractivity contribution in [2.24, 2.45) is 0 Å². The van der Waals surface area contributed by atoms with Crippen molar-refractivity contribution in [2.45, 2.75) is 6.04 Å². The standard InChI is InChI=1S/C14H14N4O4S/c1-18-12-5-3-2-4-9(12)11(8-23(18,21)22)17-14-15-7-6-10(16-14)13(19)20/h2-7,11H,8H2,1H3,(H,19,20)(H,15,16,17). The van der Waals surface area contributed by atoms with Crippen LogP contribution in [-0.4, -0.2) is 42.3 Å². The zero-order valence-corrected chi connectivity index (χ0v) is 13.0. The molecular formula is C14H14N4O4S. The molecule has 2 N–H and O–H groups in total. The van der Waals surface area contributed by atoms with Gasteiger partial charge in [-0.1, -0.05) is 18.2 Å². The normalized spacial score (nSPS) is 19.0. The van der Waals surface area contributed by atoms with Crippen LogP contribution in [0.1, 0.15) is 22.1 Å². The van der Waals surface area contributed by atoms with Gasteiger partial charge in [-0.15, -0.1) is 0 Å². The quantitative estimate of drug-likeness (QED) is 0.864. The third kappa shape index (κ3) is 2.82. The van der Waals surface area contributed by atoms with Crippen LogP contribution in [0.5, 0.6) is 0 Å². The van der Waals surface area contributed by atoms with Crippen molar-refractivity contribution >= 4 is 27.6 Å². The van der Waals surface area contributed by atoms with E-state index in [9.17, 15) is 13.2 Å². The fourth-order valence-electron chi connectivity index (χ4n) is 2.45. The lowest BCUT2D eigenvalue weighted by molar-refractivity contribution is 0.0690. The summed E-state index contributed by atoms with van der Waals surface area (Å²) in [6.45, 7) is 0. The fourth-order valence-corrected chi connectivity index (χ4v) is 3.83. The highest BCUT2D eigenvalue weighted by atomic mass is 32.2. The van der Waals surface area contributed by atoms with Crippen LogP contribution in [0.25, 0.3) is 0 Å². The SMILES string of the molecule is CN1c2ccccc2C(Nc2nccc(C(=O)O)n2)CS1(=O)=O. The molecule has 1 aromatic heterocycles. The zero-order chi connectivity index (χ0) is 16.6. The van der Waals surface area contributed by atoms with E-state index >= 15 is 0 Å². The Morgan fingerprint density at radius 2 is 2.09 bits per heavy atom. The molecule has 2 aromatic rings. The number of nitrogens with one attached hydrogen (secondary N) is 1. The predicted octanol–water partition coefficient (Wildman–Crippen LogP) is 1.11. The highest BCUT2D eigenvalue weighted by molar-refractivity contribution is 7.92. The summed E-state index contributed by atoms with van der Waals surface area (Å²) in [6, 6.07) is 7.82. The van der Waals surface area contributed by atoms with E-state index in [0.29, 0.717) is 5.69 Å². The van der Waals surface area contributed by atoms with Gasteiger partial charge < -0.3 is 10.4 Å². The Bertz CT molecular complexity index is 869. The van der Waals surface area contributed by atoms with Gasteiger partial charge in [0.25, 0.3) is 0 Å². The first kappa shape index (κ1) is 15.2. The van der Waals surface area contributed by atoms with E-state index in [1.165, 1.54) is 23.6 Å². The van der Waals surface area contributed by atoms with E-state index in [1.807, 2.05) is 12.1 Å². The Morgan fingerprint density at radius 1 is 1.35 bits per heavy atom. The van der Waals surface area contributed by atoms with Crippen molar-refractivity contribution in [2.75, 3.05) is 22.4 Å². The summed E-state index contributed by atoms with van der Waals surface area (Å²) in [4.78, 5) is 18.8. The van der Waals surface area contributed by atoms with E-state index in [1.54, 1.807) is 12.1 Å². The molecule has 9 heteroatoms. The van der Waals surface area contributed by atoms with Crippen molar-refractivity contribution < 1.29 is 18.3 Å². The largest absolute Gasteiger partial charge is 0.477 e. The van der Waals surface area contributed by atoms with Crippen molar-refractivity contribution in [3.8, 4) is 0 Å². The molecule has 2 heterocycles. The molecule has 8 nitrogen and oxygen atoms in total. The molecular weight excluding hydrogens is 320 g/mol. The summed E-state index contributed by atoms with van der Waals surface area (Å²) in [6.07, 6.45) is 1.31. The van der Waals surface area contributed by atoms with Gasteiger partial charge in [-0.25, -0.2) is 23.2 Å². The number of hydrogen-bond acceptors (Lipinski definition) is 6. The topological polar surface area (TPSA) is 112 Å². The Morgan fingerprint density at radius 3 is 2.83 bits per heavy atom. The second-order valence-corrected chi connectivity index (χ2v) is 7.12. The minimum Gasteiger partial charge on any atom is -0.477 e. The summed E-state index contributed by atoms with van der Waals surface area (Å²) in [5.41, 5.74) is 1.20. The number of nitrogens with zero attached hydrogens (tertiary/aromatic N) is 3. The maximum Gasteiger partial charge on any atom is 0.354 e. The number of carboxylic acid groups (broad SMARTS) is 1. The molecule has 1 aromatic carbocycles. The van der Waals surface area contributed by atoms with E-state index in [-0.39, 0.29) is 17.4 Å². The molecule has 0 radical (unpaired) electrons. The Kier molecular flexibility index (Phi) is 3.64. The number of anilines is 2. The molecule has 3 rings (SSSR count). The van der Waals surface area contributed by atoms with Gasteiger partial charge in [0.2, 0.25) is 16.0 Å². The van der Waals surface area contributed by atoms with Gasteiger partial charge in [0.15, 0.2) is 5.69 Å². The van der Waals surface area contributed by atoms with E-state index in [0.717, 1.165) is 5.56 Å². The lowest BCUT2D eigenvalue weighted by Crippen LogP contribution is -2.39. The second kappa shape index (κ2) is 5.51. The Labute approximate surface area is 132 Å². The van der Waals surface area contributed by atoms with Gasteiger partial charge in [-0.05, 0) is 17.7 Å². The third-order valence-electron chi connectivity index (χ3n) is 3.62. The lowest BCUT2D eigenvalue weighted by atomic mass is 10.1. The van der Waals surface area contributed by atoms with Crippen molar-refractivity contribution in [1.82, 2.24) is 9.97 Å². The molecule has 0 amide bonds. The van der Waals surface area contributed by atoms with Crippen LogP contribution >= 0.6 is 0 Å². The third-order valence-corrected chi connectivity index (χ3v) is 5.41. The molecule has 1 aliphatic rings. The fraction of sp³-hybridized carbons (Fsp3) is 0.214. The number of sulfonamides is 1. The number of para-hydroxylation sites is 1. The minimum atomic E-state index is -3.47. The molecule has 1 aliphatic heterocycles. The lowest BCUT2D eigenvalue weighted by Gasteiger charge is -2.32. The zero-order valence-electron chi connectivity index (χ0n) is 12.2. The Balaban J connectivity index is 1.99. The molecule has 0 saturated carbocycles. The van der Waals surface area contributed by atoms with Gasteiger partial charge in [0, 0.05) is 13.2 Å². The van der Waals surface area contributed by atoms with E-state index < -0.39 is 22.0 Å². The average Bonchev–Trinajstić information content (AvgIpc) is 2.52. The number of fused-ring (bicyclic) bond motifs is 1. The van der Waals surface area contributed by atoms with Gasteiger partial charge in [0.05, 0.1) is 17.5 Å². The molecule has 0 spiro atoms. The van der Waals surface area contributed by atoms with Gasteiger partial charge in [-0.2, -0.15) is 0 Å². The summed E-state index contributed by atoms with van der Waals surface area (Å²) in [5, 5.41) is 11.9. The monoisotopic (exact) mass is 334 g/mol. The summed E-state index contributed by atoms with van der Waals surface area (Å²) in [5.74, 6) is -1.27. The van der Waals surface area contributed by atoms with Gasteiger partial charge in [-0.3, -0.25) is 4.31 Å². The molecule has 0 bridgehead atoms. The molecule has 0 aliphatic carbocycles. The minimum absolute atomic E-state index is 0.0736. The highest BCUT2D eigenvalue weighted by Crippen LogP contribution is 2.35. The van der Waals surface area contributed by atoms with Crippen LogP contribution in [0, 0.1) is 0 Å². The van der Waals surface area contributed by atoms with Crippen molar-refractivity contribution in [3.63, 3.8) is 0 Å². The van der Waals surface area contributed by atoms with Gasteiger partial charge in [0.1, 0.15) is 0 Å². The summed E-state index contributed by atoms with van der Waals surface area (Å²) < 4.78 is 25.8. The first-order valence-corrected chi connectivity index (χ1v) is 8.38. The van der Waals surface area contributed by atoms with E-state index in [2.05, 4.69) is 15.3 Å². The Hall–Kier alpha value is -2.68. The van der Waals surface area contributed by atoms with Crippen LogP contribution in [-0.2, 0) is 10.0 Å². The van der Waals surface area contributed by atoms with Crippen molar-refractivity contribution in [3.05, 3.63) is 47.8 Å². The molecule has 1 atom stereocenters. The number of benzene rings is 1. The van der Waals surface area contributed by atoms with Crippen LogP contribution in [0.3, 0.4) is 0 Å². The molecule has 1 unspecified atom stereocenters. The maximum atomic E-state index is 12.3. The average molecular weight is 334 g/mol. The summed E-state index contributed by atoms with van der Waals surface area (Å²) in [7, 11) is -1.97. The number of carboxylic acids is 1. The van der Waals surface area contributed by atoms with Gasteiger partial charge >= 0.3 is 5.97 Å². The van der Waals surface area contributed by atoms with Crippen molar-refractivity contribution in [1.29, 1.82) is 0 Å². The van der Waals surface area contributed by atoms with Crippen LogP contribution in [0.2, 0.25) is 0 Å². The second-order valence-electron chi connectivity index (χ2n) is 5.07. The molecule has 0 fully saturated rings. The van der Waals surface area contributed by atoms with E-state index in [4.69, 9.17) is 5.11 Å². The number of aromatic carboxylic acids is 1. The molecule has 0 saturated heterocycles. The first-order chi connectivity index (χ1) is 10.9. The number of carbonyl (C=O) groups is 1. The molecule has 23 heavy (non-hydrogen) atoms. The van der Waals surface area contributed by atoms with Crippen LogP contribution in [0.4, 0.5) is 11.6 Å².